The number of carbonyl (C=O) groups is 1. The predicted molar refractivity (Wildman–Crippen MR) is 137 cm³/mol. The fraction of sp³-hybridized carbons (Fsp3) is 0.423. The van der Waals surface area contributed by atoms with Crippen molar-refractivity contribution in [1.29, 1.82) is 0 Å². The van der Waals surface area contributed by atoms with Crippen LogP contribution in [0.25, 0.3) is 11.2 Å². The van der Waals surface area contributed by atoms with Crippen LogP contribution < -0.4 is 5.56 Å². The highest BCUT2D eigenvalue weighted by Crippen LogP contribution is 2.26. The molecule has 0 bridgehead atoms. The van der Waals surface area contributed by atoms with E-state index < -0.39 is 0 Å². The normalized spacial score (nSPS) is 16.7. The molecule has 5 rings (SSSR count). The van der Waals surface area contributed by atoms with Crippen LogP contribution >= 0.6 is 11.3 Å². The standard InChI is InChI=1S/C26H30N6O2S/c1-26(2,3)19-10-8-17(9-11-19)14-21(33)31-12-4-6-18(15-31)23-27-24-22(25(34)28-23)29-30-32(24)16-20-7-5-13-35-20/h5,7-11,13,18H,4,6,12,14-16H2,1-3H3,(H,27,28,34). The van der Waals surface area contributed by atoms with Crippen molar-refractivity contribution in [3.8, 4) is 0 Å². The van der Waals surface area contributed by atoms with E-state index in [0.29, 0.717) is 31.0 Å². The maximum absolute atomic E-state index is 13.1. The predicted octanol–water partition coefficient (Wildman–Crippen LogP) is 3.87. The van der Waals surface area contributed by atoms with Crippen molar-refractivity contribution in [2.24, 2.45) is 0 Å². The third-order valence-corrected chi connectivity index (χ3v) is 7.47. The highest BCUT2D eigenvalue weighted by molar-refractivity contribution is 7.09. The van der Waals surface area contributed by atoms with E-state index in [-0.39, 0.29) is 28.3 Å². The minimum absolute atomic E-state index is 0.0295. The molecule has 1 aliphatic rings. The highest BCUT2D eigenvalue weighted by atomic mass is 32.1. The summed E-state index contributed by atoms with van der Waals surface area (Å²) < 4.78 is 1.67. The van der Waals surface area contributed by atoms with Crippen LogP contribution in [0.1, 0.15) is 61.4 Å². The molecule has 1 atom stereocenters. The van der Waals surface area contributed by atoms with E-state index in [0.717, 1.165) is 29.8 Å². The summed E-state index contributed by atoms with van der Waals surface area (Å²) in [6, 6.07) is 12.3. The molecule has 0 radical (unpaired) electrons. The van der Waals surface area contributed by atoms with Crippen LogP contribution in [-0.4, -0.2) is 48.9 Å². The van der Waals surface area contributed by atoms with Crippen molar-refractivity contribution in [3.05, 3.63) is 74.0 Å². The van der Waals surface area contributed by atoms with E-state index >= 15 is 0 Å². The lowest BCUT2D eigenvalue weighted by Gasteiger charge is -2.32. The third-order valence-electron chi connectivity index (χ3n) is 6.61. The van der Waals surface area contributed by atoms with Gasteiger partial charge in [0, 0.05) is 23.9 Å². The van der Waals surface area contributed by atoms with Crippen molar-refractivity contribution in [3.63, 3.8) is 0 Å². The van der Waals surface area contributed by atoms with Crippen molar-refractivity contribution >= 4 is 28.4 Å². The van der Waals surface area contributed by atoms with E-state index in [1.807, 2.05) is 22.4 Å². The average molecular weight is 491 g/mol. The molecule has 182 valence electrons. The molecule has 9 heteroatoms. The minimum atomic E-state index is -0.287. The Labute approximate surface area is 208 Å². The Morgan fingerprint density at radius 1 is 1.20 bits per heavy atom. The van der Waals surface area contributed by atoms with Gasteiger partial charge < -0.3 is 9.88 Å². The summed E-state index contributed by atoms with van der Waals surface area (Å²) in [7, 11) is 0. The van der Waals surface area contributed by atoms with Gasteiger partial charge in [0.1, 0.15) is 5.82 Å². The zero-order valence-electron chi connectivity index (χ0n) is 20.3. The van der Waals surface area contributed by atoms with Gasteiger partial charge >= 0.3 is 0 Å². The summed E-state index contributed by atoms with van der Waals surface area (Å²) in [6.07, 6.45) is 2.11. The summed E-state index contributed by atoms with van der Waals surface area (Å²) in [4.78, 5) is 36.5. The first-order chi connectivity index (χ1) is 16.8. The quantitative estimate of drug-likeness (QED) is 0.458. The SMILES string of the molecule is CC(C)(C)c1ccc(CC(=O)N2CCCC(c3nc4c(nnn4Cc4cccs4)c(=O)[nH]3)C2)cc1. The second-order valence-corrected chi connectivity index (χ2v) is 11.3. The van der Waals surface area contributed by atoms with Crippen LogP contribution in [0.2, 0.25) is 0 Å². The topological polar surface area (TPSA) is 96.8 Å². The van der Waals surface area contributed by atoms with Crippen LogP contribution in [0.5, 0.6) is 0 Å². The van der Waals surface area contributed by atoms with Gasteiger partial charge in [-0.15, -0.1) is 16.4 Å². The number of benzene rings is 1. The summed E-state index contributed by atoms with van der Waals surface area (Å²) in [6.45, 7) is 8.33. The zero-order chi connectivity index (χ0) is 24.6. The van der Waals surface area contributed by atoms with Gasteiger partial charge in [-0.05, 0) is 40.8 Å². The number of piperidine rings is 1. The van der Waals surface area contributed by atoms with E-state index in [4.69, 9.17) is 4.98 Å². The fourth-order valence-corrected chi connectivity index (χ4v) is 5.25. The van der Waals surface area contributed by atoms with Gasteiger partial charge in [-0.3, -0.25) is 9.59 Å². The van der Waals surface area contributed by atoms with Gasteiger partial charge in [-0.25, -0.2) is 9.67 Å². The number of hydrogen-bond donors (Lipinski definition) is 1. The molecule has 1 amide bonds. The van der Waals surface area contributed by atoms with Crippen molar-refractivity contribution < 1.29 is 4.79 Å². The van der Waals surface area contributed by atoms with Crippen LogP contribution in [0.15, 0.2) is 46.6 Å². The molecule has 1 N–H and O–H groups in total. The van der Waals surface area contributed by atoms with Gasteiger partial charge in [0.2, 0.25) is 5.91 Å². The number of rotatable bonds is 5. The number of H-pyrrole nitrogens is 1. The Morgan fingerprint density at radius 2 is 2.00 bits per heavy atom. The number of likely N-dealkylation sites (tertiary alicyclic amines) is 1. The van der Waals surface area contributed by atoms with Gasteiger partial charge in [0.05, 0.1) is 13.0 Å². The molecule has 4 aromatic rings. The number of nitrogens with zero attached hydrogens (tertiary/aromatic N) is 5. The Bertz CT molecular complexity index is 1380. The molecule has 8 nitrogen and oxygen atoms in total. The number of thiophene rings is 1. The Hall–Kier alpha value is -3.33. The number of aromatic amines is 1. The molecule has 4 heterocycles. The molecule has 1 unspecified atom stereocenters. The lowest BCUT2D eigenvalue weighted by Crippen LogP contribution is -2.40. The summed E-state index contributed by atoms with van der Waals surface area (Å²) in [5, 5.41) is 10.2. The average Bonchev–Trinajstić information content (AvgIpc) is 3.50. The van der Waals surface area contributed by atoms with Crippen LogP contribution in [0.3, 0.4) is 0 Å². The van der Waals surface area contributed by atoms with Crippen LogP contribution in [0.4, 0.5) is 0 Å². The van der Waals surface area contributed by atoms with Gasteiger partial charge in [0.15, 0.2) is 11.2 Å². The van der Waals surface area contributed by atoms with Gasteiger partial charge in [-0.1, -0.05) is 56.3 Å². The second kappa shape index (κ2) is 9.37. The first-order valence-electron chi connectivity index (χ1n) is 12.0. The Balaban J connectivity index is 1.32. The van der Waals surface area contributed by atoms with E-state index in [1.54, 1.807) is 16.0 Å². The molecular weight excluding hydrogens is 460 g/mol. The van der Waals surface area contributed by atoms with Crippen molar-refractivity contribution in [1.82, 2.24) is 29.9 Å². The smallest absolute Gasteiger partial charge is 0.281 e. The number of nitrogens with one attached hydrogen (secondary N) is 1. The number of hydrogen-bond acceptors (Lipinski definition) is 6. The number of fused-ring (bicyclic) bond motifs is 1. The molecule has 0 saturated carbocycles. The lowest BCUT2D eigenvalue weighted by molar-refractivity contribution is -0.131. The van der Waals surface area contributed by atoms with E-state index in [9.17, 15) is 9.59 Å². The summed E-state index contributed by atoms with van der Waals surface area (Å²) in [5.41, 5.74) is 2.80. The highest BCUT2D eigenvalue weighted by Gasteiger charge is 2.27. The second-order valence-electron chi connectivity index (χ2n) is 10.3. The third kappa shape index (κ3) is 5.05. The monoisotopic (exact) mass is 490 g/mol. The van der Waals surface area contributed by atoms with Gasteiger partial charge in [-0.2, -0.15) is 0 Å². The van der Waals surface area contributed by atoms with Crippen LogP contribution in [-0.2, 0) is 23.2 Å². The maximum atomic E-state index is 13.1. The largest absolute Gasteiger partial charge is 0.342 e. The minimum Gasteiger partial charge on any atom is -0.342 e. The van der Waals surface area contributed by atoms with Crippen LogP contribution in [0, 0.1) is 0 Å². The first-order valence-corrected chi connectivity index (χ1v) is 12.9. The molecule has 1 saturated heterocycles. The summed E-state index contributed by atoms with van der Waals surface area (Å²) in [5.74, 6) is 0.674. The Morgan fingerprint density at radius 3 is 2.71 bits per heavy atom. The molecular formula is C26H30N6O2S. The molecule has 1 fully saturated rings. The summed E-state index contributed by atoms with van der Waals surface area (Å²) >= 11 is 1.63. The lowest BCUT2D eigenvalue weighted by atomic mass is 9.86. The number of aromatic nitrogens is 5. The Kier molecular flexibility index (Phi) is 6.27. The van der Waals surface area contributed by atoms with E-state index in [1.165, 1.54) is 5.56 Å². The first kappa shape index (κ1) is 23.4. The number of amides is 1. The molecule has 0 aliphatic carbocycles. The molecule has 35 heavy (non-hydrogen) atoms. The molecule has 3 aromatic heterocycles. The molecule has 0 spiro atoms. The van der Waals surface area contributed by atoms with E-state index in [2.05, 4.69) is 60.3 Å². The fourth-order valence-electron chi connectivity index (χ4n) is 4.57. The zero-order valence-corrected chi connectivity index (χ0v) is 21.1. The van der Waals surface area contributed by atoms with Gasteiger partial charge in [0.25, 0.3) is 5.56 Å². The molecule has 1 aliphatic heterocycles. The molecule has 1 aromatic carbocycles. The van der Waals surface area contributed by atoms with Crippen molar-refractivity contribution in [2.75, 3.05) is 13.1 Å². The van der Waals surface area contributed by atoms with Crippen molar-refractivity contribution in [2.45, 2.75) is 57.9 Å². The number of carbonyl (C=O) groups excluding carboxylic acids is 1. The maximum Gasteiger partial charge on any atom is 0.281 e.